The molecule has 8 heteroatoms. The molecule has 2 aromatic heterocycles. The standard InChI is InChI=1S/C28H24N4O2S2/c1-2-34-27(33)24-15-25(20-10-4-3-5-11-20)36-26(24)31-28(35)30-22-16-29-32(18-22)17-21-13-8-12-19-9-6-7-14-23(19)21/h3-16,18H,2,17H2,1H3,(H2,30,31,35). The number of rotatable bonds is 7. The molecule has 5 rings (SSSR count). The molecule has 0 saturated heterocycles. The average Bonchev–Trinajstić information content (AvgIpc) is 3.52. The van der Waals surface area contributed by atoms with Gasteiger partial charge in [-0.2, -0.15) is 5.10 Å². The highest BCUT2D eigenvalue weighted by Crippen LogP contribution is 2.36. The monoisotopic (exact) mass is 512 g/mol. The fraction of sp³-hybridized carbons (Fsp3) is 0.107. The van der Waals surface area contributed by atoms with Crippen molar-refractivity contribution in [3.63, 3.8) is 0 Å². The van der Waals surface area contributed by atoms with E-state index in [9.17, 15) is 4.79 Å². The summed E-state index contributed by atoms with van der Waals surface area (Å²) in [5, 5.41) is 14.2. The van der Waals surface area contributed by atoms with Crippen LogP contribution >= 0.6 is 23.6 Å². The fourth-order valence-electron chi connectivity index (χ4n) is 3.97. The minimum absolute atomic E-state index is 0.299. The number of aromatic nitrogens is 2. The summed E-state index contributed by atoms with van der Waals surface area (Å²) in [6.07, 6.45) is 3.64. The summed E-state index contributed by atoms with van der Waals surface area (Å²) in [4.78, 5) is 13.5. The van der Waals surface area contributed by atoms with Gasteiger partial charge < -0.3 is 15.4 Å². The predicted molar refractivity (Wildman–Crippen MR) is 151 cm³/mol. The Hall–Kier alpha value is -4.01. The third kappa shape index (κ3) is 5.30. The van der Waals surface area contributed by atoms with Gasteiger partial charge in [-0.15, -0.1) is 11.3 Å². The lowest BCUT2D eigenvalue weighted by molar-refractivity contribution is 0.0528. The Bertz CT molecular complexity index is 1520. The minimum Gasteiger partial charge on any atom is -0.462 e. The number of nitrogens with one attached hydrogen (secondary N) is 2. The van der Waals surface area contributed by atoms with Crippen LogP contribution in [0.25, 0.3) is 21.2 Å². The number of carbonyl (C=O) groups excluding carboxylic acids is 1. The van der Waals surface area contributed by atoms with E-state index in [2.05, 4.69) is 46.1 Å². The third-order valence-electron chi connectivity index (χ3n) is 5.62. The molecule has 180 valence electrons. The predicted octanol–water partition coefficient (Wildman–Crippen LogP) is 6.80. The van der Waals surface area contributed by atoms with Gasteiger partial charge in [-0.05, 0) is 47.1 Å². The molecule has 0 aliphatic carbocycles. The zero-order valence-corrected chi connectivity index (χ0v) is 21.2. The Morgan fingerprint density at radius 1 is 1.03 bits per heavy atom. The Morgan fingerprint density at radius 3 is 2.64 bits per heavy atom. The molecule has 6 nitrogen and oxygen atoms in total. The van der Waals surface area contributed by atoms with Crippen LogP contribution in [0.5, 0.6) is 0 Å². The van der Waals surface area contributed by atoms with Gasteiger partial charge in [0.05, 0.1) is 30.6 Å². The largest absolute Gasteiger partial charge is 0.462 e. The van der Waals surface area contributed by atoms with Crippen LogP contribution in [0, 0.1) is 0 Å². The molecule has 0 radical (unpaired) electrons. The Kier molecular flexibility index (Phi) is 7.06. The number of hydrogen-bond donors (Lipinski definition) is 2. The molecule has 0 amide bonds. The molecule has 0 saturated carbocycles. The van der Waals surface area contributed by atoms with Crippen LogP contribution in [0.15, 0.2) is 91.3 Å². The molecule has 0 fully saturated rings. The highest BCUT2D eigenvalue weighted by atomic mass is 32.1. The fourth-order valence-corrected chi connectivity index (χ4v) is 5.31. The van der Waals surface area contributed by atoms with Gasteiger partial charge in [0.1, 0.15) is 5.00 Å². The smallest absolute Gasteiger partial charge is 0.341 e. The van der Waals surface area contributed by atoms with Crippen molar-refractivity contribution in [2.75, 3.05) is 17.2 Å². The number of hydrogen-bond acceptors (Lipinski definition) is 5. The van der Waals surface area contributed by atoms with Crippen molar-refractivity contribution >= 4 is 56.1 Å². The van der Waals surface area contributed by atoms with Crippen molar-refractivity contribution in [3.05, 3.63) is 102 Å². The van der Waals surface area contributed by atoms with Crippen LogP contribution in [-0.4, -0.2) is 27.5 Å². The molecule has 5 aromatic rings. The van der Waals surface area contributed by atoms with E-state index in [1.807, 2.05) is 59.4 Å². The molecule has 3 aromatic carbocycles. The zero-order chi connectivity index (χ0) is 24.9. The van der Waals surface area contributed by atoms with Crippen molar-refractivity contribution in [2.24, 2.45) is 0 Å². The van der Waals surface area contributed by atoms with Crippen molar-refractivity contribution < 1.29 is 9.53 Å². The number of ether oxygens (including phenoxy) is 1. The number of thiophene rings is 1. The Morgan fingerprint density at radius 2 is 1.81 bits per heavy atom. The summed E-state index contributed by atoms with van der Waals surface area (Å²) in [6.45, 7) is 2.73. The van der Waals surface area contributed by atoms with Gasteiger partial charge in [-0.25, -0.2) is 4.79 Å². The quantitative estimate of drug-likeness (QED) is 0.185. The number of fused-ring (bicyclic) bond motifs is 1. The number of thiocarbonyl (C=S) groups is 1. The molecule has 0 bridgehead atoms. The lowest BCUT2D eigenvalue weighted by atomic mass is 10.0. The maximum Gasteiger partial charge on any atom is 0.341 e. The van der Waals surface area contributed by atoms with Gasteiger partial charge in [0.15, 0.2) is 5.11 Å². The highest BCUT2D eigenvalue weighted by Gasteiger charge is 2.19. The maximum atomic E-state index is 12.6. The van der Waals surface area contributed by atoms with E-state index < -0.39 is 0 Å². The molecule has 2 heterocycles. The van der Waals surface area contributed by atoms with Gasteiger partial charge in [0.2, 0.25) is 0 Å². The van der Waals surface area contributed by atoms with E-state index in [1.54, 1.807) is 13.1 Å². The van der Waals surface area contributed by atoms with E-state index in [0.29, 0.717) is 28.8 Å². The van der Waals surface area contributed by atoms with E-state index in [4.69, 9.17) is 17.0 Å². The summed E-state index contributed by atoms with van der Waals surface area (Å²) in [6, 6.07) is 26.3. The second kappa shape index (κ2) is 10.7. The number of nitrogens with zero attached hydrogens (tertiary/aromatic N) is 2. The molecule has 0 spiro atoms. The SMILES string of the molecule is CCOC(=O)c1cc(-c2ccccc2)sc1NC(=S)Nc1cnn(Cc2cccc3ccccc23)c1. The summed E-state index contributed by atoms with van der Waals surface area (Å²) in [5.74, 6) is -0.385. The lowest BCUT2D eigenvalue weighted by Gasteiger charge is -2.09. The first kappa shape index (κ1) is 23.7. The van der Waals surface area contributed by atoms with Crippen LogP contribution in [0.3, 0.4) is 0 Å². The topological polar surface area (TPSA) is 68.2 Å². The third-order valence-corrected chi connectivity index (χ3v) is 6.92. The van der Waals surface area contributed by atoms with E-state index in [0.717, 1.165) is 16.1 Å². The van der Waals surface area contributed by atoms with Crippen LogP contribution in [0.1, 0.15) is 22.8 Å². The second-order valence-corrected chi connectivity index (χ2v) is 9.54. The van der Waals surface area contributed by atoms with Crippen molar-refractivity contribution in [2.45, 2.75) is 13.5 Å². The normalized spacial score (nSPS) is 10.8. The Balaban J connectivity index is 1.31. The van der Waals surface area contributed by atoms with Crippen LogP contribution in [-0.2, 0) is 11.3 Å². The first-order valence-electron chi connectivity index (χ1n) is 11.5. The molecule has 0 unspecified atom stereocenters. The van der Waals surface area contributed by atoms with Crippen molar-refractivity contribution in [3.8, 4) is 10.4 Å². The van der Waals surface area contributed by atoms with Crippen molar-refractivity contribution in [1.82, 2.24) is 9.78 Å². The first-order chi connectivity index (χ1) is 17.6. The van der Waals surface area contributed by atoms with Gasteiger partial charge in [-0.1, -0.05) is 72.8 Å². The molecular weight excluding hydrogens is 488 g/mol. The second-order valence-electron chi connectivity index (χ2n) is 8.08. The van der Waals surface area contributed by atoms with E-state index in [-0.39, 0.29) is 5.97 Å². The summed E-state index contributed by atoms with van der Waals surface area (Å²) in [5.41, 5.74) is 3.42. The summed E-state index contributed by atoms with van der Waals surface area (Å²) >= 11 is 7.01. The molecule has 0 atom stereocenters. The summed E-state index contributed by atoms with van der Waals surface area (Å²) in [7, 11) is 0. The van der Waals surface area contributed by atoms with Crippen LogP contribution < -0.4 is 10.6 Å². The number of benzene rings is 3. The van der Waals surface area contributed by atoms with Gasteiger partial charge in [0, 0.05) is 11.1 Å². The Labute approximate surface area is 218 Å². The van der Waals surface area contributed by atoms with Gasteiger partial charge >= 0.3 is 5.97 Å². The summed E-state index contributed by atoms with van der Waals surface area (Å²) < 4.78 is 7.13. The lowest BCUT2D eigenvalue weighted by Crippen LogP contribution is -2.19. The highest BCUT2D eigenvalue weighted by molar-refractivity contribution is 7.80. The van der Waals surface area contributed by atoms with Crippen molar-refractivity contribution in [1.29, 1.82) is 0 Å². The maximum absolute atomic E-state index is 12.6. The molecule has 0 aliphatic rings. The van der Waals surface area contributed by atoms with Crippen LogP contribution in [0.2, 0.25) is 0 Å². The first-order valence-corrected chi connectivity index (χ1v) is 12.8. The van der Waals surface area contributed by atoms with E-state index >= 15 is 0 Å². The van der Waals surface area contributed by atoms with Crippen LogP contribution in [0.4, 0.5) is 10.7 Å². The number of esters is 1. The molecule has 36 heavy (non-hydrogen) atoms. The molecule has 0 aliphatic heterocycles. The number of carbonyl (C=O) groups is 1. The molecule has 2 N–H and O–H groups in total. The van der Waals surface area contributed by atoms with E-state index in [1.165, 1.54) is 27.7 Å². The minimum atomic E-state index is -0.385. The van der Waals surface area contributed by atoms with Gasteiger partial charge in [-0.3, -0.25) is 4.68 Å². The van der Waals surface area contributed by atoms with Gasteiger partial charge in [0.25, 0.3) is 0 Å². The average molecular weight is 513 g/mol. The number of anilines is 2. The molecular formula is C28H24N4O2S2. The zero-order valence-electron chi connectivity index (χ0n) is 19.6.